The molecule has 17 heavy (non-hydrogen) atoms. The van der Waals surface area contributed by atoms with Crippen molar-refractivity contribution in [2.45, 2.75) is 31.1 Å². The summed E-state index contributed by atoms with van der Waals surface area (Å²) in [5, 5.41) is 2.96. The molecule has 1 aromatic carbocycles. The fourth-order valence-corrected chi connectivity index (χ4v) is 1.62. The second kappa shape index (κ2) is 6.64. The minimum atomic E-state index is -0.129. The highest BCUT2D eigenvalue weighted by molar-refractivity contribution is 9.10. The van der Waals surface area contributed by atoms with Crippen molar-refractivity contribution in [3.8, 4) is 5.75 Å². The summed E-state index contributed by atoms with van der Waals surface area (Å²) in [5.74, 6) is 0.817. The Hall–Kier alpha value is -1.03. The molecule has 1 N–H and O–H groups in total. The van der Waals surface area contributed by atoms with Gasteiger partial charge in [0.1, 0.15) is 5.75 Å². The van der Waals surface area contributed by atoms with E-state index in [9.17, 15) is 4.79 Å². The van der Waals surface area contributed by atoms with E-state index in [0.29, 0.717) is 0 Å². The minimum Gasteiger partial charge on any atom is -0.497 e. The first-order valence-electron chi connectivity index (χ1n) is 5.66. The van der Waals surface area contributed by atoms with E-state index in [1.807, 2.05) is 38.1 Å². The van der Waals surface area contributed by atoms with Crippen molar-refractivity contribution < 1.29 is 9.53 Å². The summed E-state index contributed by atoms with van der Waals surface area (Å²) >= 11 is 3.33. The van der Waals surface area contributed by atoms with Crippen LogP contribution in [0.1, 0.15) is 31.9 Å². The lowest BCUT2D eigenvalue weighted by atomic mass is 10.1. The van der Waals surface area contributed by atoms with Gasteiger partial charge in [0, 0.05) is 0 Å². The van der Waals surface area contributed by atoms with Gasteiger partial charge in [-0.05, 0) is 31.0 Å². The van der Waals surface area contributed by atoms with Crippen molar-refractivity contribution in [1.82, 2.24) is 5.32 Å². The molecule has 0 aliphatic carbocycles. The monoisotopic (exact) mass is 299 g/mol. The van der Waals surface area contributed by atoms with E-state index >= 15 is 0 Å². The highest BCUT2D eigenvalue weighted by Gasteiger charge is 2.15. The Morgan fingerprint density at radius 3 is 2.82 bits per heavy atom. The zero-order chi connectivity index (χ0) is 12.8. The first kappa shape index (κ1) is 14.0. The molecule has 2 atom stereocenters. The maximum absolute atomic E-state index is 11.7. The zero-order valence-corrected chi connectivity index (χ0v) is 12.0. The number of carbonyl (C=O) groups is 1. The molecule has 1 rings (SSSR count). The third-order valence-corrected chi connectivity index (χ3v) is 3.66. The molecular formula is C13H18BrNO2. The fourth-order valence-electron chi connectivity index (χ4n) is 1.48. The average Bonchev–Trinajstić information content (AvgIpc) is 2.37. The molecular weight excluding hydrogens is 282 g/mol. The molecule has 0 saturated carbocycles. The molecule has 3 nitrogen and oxygen atoms in total. The van der Waals surface area contributed by atoms with Gasteiger partial charge in [-0.15, -0.1) is 0 Å². The normalized spacial score (nSPS) is 13.9. The predicted molar refractivity (Wildman–Crippen MR) is 72.6 cm³/mol. The summed E-state index contributed by atoms with van der Waals surface area (Å²) in [4.78, 5) is 11.6. The Labute approximate surface area is 111 Å². The lowest BCUT2D eigenvalue weighted by molar-refractivity contribution is -0.121. The van der Waals surface area contributed by atoms with Crippen molar-refractivity contribution in [1.29, 1.82) is 0 Å². The van der Waals surface area contributed by atoms with Crippen LogP contribution in [0.2, 0.25) is 0 Å². The summed E-state index contributed by atoms with van der Waals surface area (Å²) < 4.78 is 5.16. The molecule has 2 unspecified atom stereocenters. The summed E-state index contributed by atoms with van der Waals surface area (Å²) in [6, 6.07) is 7.69. The van der Waals surface area contributed by atoms with E-state index in [2.05, 4.69) is 21.2 Å². The van der Waals surface area contributed by atoms with Gasteiger partial charge in [-0.25, -0.2) is 0 Å². The van der Waals surface area contributed by atoms with Gasteiger partial charge in [0.15, 0.2) is 0 Å². The van der Waals surface area contributed by atoms with Crippen molar-refractivity contribution in [2.75, 3.05) is 7.11 Å². The number of methoxy groups -OCH3 is 1. The summed E-state index contributed by atoms with van der Waals surface area (Å²) in [6.45, 7) is 3.93. The smallest absolute Gasteiger partial charge is 0.234 e. The molecule has 94 valence electrons. The topological polar surface area (TPSA) is 38.3 Å². The van der Waals surface area contributed by atoms with Crippen LogP contribution in [0.15, 0.2) is 24.3 Å². The standard InChI is InChI=1S/C13H18BrNO2/c1-4-12(14)13(16)15-9(2)10-6-5-7-11(8-10)17-3/h5-9,12H,4H2,1-3H3,(H,15,16). The number of halogens is 1. The quantitative estimate of drug-likeness (QED) is 0.849. The Balaban J connectivity index is 2.69. The second-order valence-electron chi connectivity index (χ2n) is 3.88. The number of nitrogens with one attached hydrogen (secondary N) is 1. The molecule has 1 amide bonds. The van der Waals surface area contributed by atoms with Crippen LogP contribution in [0.5, 0.6) is 5.75 Å². The molecule has 4 heteroatoms. The Morgan fingerprint density at radius 1 is 1.53 bits per heavy atom. The zero-order valence-electron chi connectivity index (χ0n) is 10.4. The van der Waals surface area contributed by atoms with Gasteiger partial charge in [0.05, 0.1) is 18.0 Å². The van der Waals surface area contributed by atoms with Crippen molar-refractivity contribution in [3.05, 3.63) is 29.8 Å². The van der Waals surface area contributed by atoms with Gasteiger partial charge in [-0.1, -0.05) is 35.0 Å². The van der Waals surface area contributed by atoms with Crippen LogP contribution >= 0.6 is 15.9 Å². The van der Waals surface area contributed by atoms with Crippen LogP contribution < -0.4 is 10.1 Å². The van der Waals surface area contributed by atoms with E-state index < -0.39 is 0 Å². The van der Waals surface area contributed by atoms with Gasteiger partial charge in [0.2, 0.25) is 5.91 Å². The SMILES string of the molecule is CCC(Br)C(=O)NC(C)c1cccc(OC)c1. The molecule has 1 aromatic rings. The number of amides is 1. The fraction of sp³-hybridized carbons (Fsp3) is 0.462. The lowest BCUT2D eigenvalue weighted by Crippen LogP contribution is -2.32. The van der Waals surface area contributed by atoms with E-state index in [4.69, 9.17) is 4.74 Å². The molecule has 0 aliphatic heterocycles. The van der Waals surface area contributed by atoms with Crippen molar-refractivity contribution >= 4 is 21.8 Å². The van der Waals surface area contributed by atoms with Crippen LogP contribution in [-0.4, -0.2) is 17.8 Å². The van der Waals surface area contributed by atoms with Gasteiger partial charge in [-0.2, -0.15) is 0 Å². The van der Waals surface area contributed by atoms with Gasteiger partial charge in [-0.3, -0.25) is 4.79 Å². The molecule has 0 bridgehead atoms. The highest BCUT2D eigenvalue weighted by Crippen LogP contribution is 2.19. The molecule has 0 heterocycles. The largest absolute Gasteiger partial charge is 0.497 e. The van der Waals surface area contributed by atoms with E-state index in [1.54, 1.807) is 7.11 Å². The van der Waals surface area contributed by atoms with Crippen LogP contribution in [-0.2, 0) is 4.79 Å². The van der Waals surface area contributed by atoms with Crippen molar-refractivity contribution in [3.63, 3.8) is 0 Å². The molecule has 0 radical (unpaired) electrons. The molecule has 0 saturated heterocycles. The third kappa shape index (κ3) is 4.04. The number of benzene rings is 1. The average molecular weight is 300 g/mol. The summed E-state index contributed by atoms with van der Waals surface area (Å²) in [5.41, 5.74) is 1.04. The first-order valence-corrected chi connectivity index (χ1v) is 6.58. The van der Waals surface area contributed by atoms with Gasteiger partial charge < -0.3 is 10.1 Å². The Kier molecular flexibility index (Phi) is 5.48. The first-order chi connectivity index (χ1) is 8.08. The number of hydrogen-bond acceptors (Lipinski definition) is 2. The van der Waals surface area contributed by atoms with Crippen LogP contribution in [0.4, 0.5) is 0 Å². The minimum absolute atomic E-state index is 0.0165. The summed E-state index contributed by atoms with van der Waals surface area (Å²) in [6.07, 6.45) is 0.774. The maximum Gasteiger partial charge on any atom is 0.234 e. The Bertz CT molecular complexity index is 381. The van der Waals surface area contributed by atoms with E-state index in [-0.39, 0.29) is 16.8 Å². The number of carbonyl (C=O) groups excluding carboxylic acids is 1. The lowest BCUT2D eigenvalue weighted by Gasteiger charge is -2.17. The van der Waals surface area contributed by atoms with E-state index in [0.717, 1.165) is 17.7 Å². The maximum atomic E-state index is 11.7. The van der Waals surface area contributed by atoms with Crippen LogP contribution in [0.3, 0.4) is 0 Å². The van der Waals surface area contributed by atoms with Gasteiger partial charge in [0.25, 0.3) is 0 Å². The van der Waals surface area contributed by atoms with E-state index in [1.165, 1.54) is 0 Å². The highest BCUT2D eigenvalue weighted by atomic mass is 79.9. The third-order valence-electron chi connectivity index (χ3n) is 2.60. The van der Waals surface area contributed by atoms with Crippen molar-refractivity contribution in [2.24, 2.45) is 0 Å². The number of ether oxygens (including phenoxy) is 1. The molecule has 0 spiro atoms. The predicted octanol–water partition coefficient (Wildman–Crippen LogP) is 3.05. The summed E-state index contributed by atoms with van der Waals surface area (Å²) in [7, 11) is 1.63. The number of hydrogen-bond donors (Lipinski definition) is 1. The van der Waals surface area contributed by atoms with Crippen LogP contribution in [0, 0.1) is 0 Å². The van der Waals surface area contributed by atoms with Gasteiger partial charge >= 0.3 is 0 Å². The second-order valence-corrected chi connectivity index (χ2v) is 4.99. The molecule has 0 fully saturated rings. The molecule has 0 aromatic heterocycles. The van der Waals surface area contributed by atoms with Crippen LogP contribution in [0.25, 0.3) is 0 Å². The Morgan fingerprint density at radius 2 is 2.24 bits per heavy atom. The number of alkyl halides is 1. The number of rotatable bonds is 5. The molecule has 0 aliphatic rings.